The number of carbonyl (C=O) groups is 1. The van der Waals surface area contributed by atoms with Crippen LogP contribution in [0.3, 0.4) is 0 Å². The van der Waals surface area contributed by atoms with Gasteiger partial charge in [-0.2, -0.15) is 5.26 Å². The van der Waals surface area contributed by atoms with Gasteiger partial charge in [-0.15, -0.1) is 11.6 Å². The van der Waals surface area contributed by atoms with Crippen molar-refractivity contribution in [3.05, 3.63) is 47.2 Å². The highest BCUT2D eigenvalue weighted by Crippen LogP contribution is 2.04. The molecule has 21 heavy (non-hydrogen) atoms. The third-order valence-electron chi connectivity index (χ3n) is 2.74. The number of benzene rings is 1. The highest BCUT2D eigenvalue weighted by molar-refractivity contribution is 6.17. The summed E-state index contributed by atoms with van der Waals surface area (Å²) in [6.07, 6.45) is 2.09. The van der Waals surface area contributed by atoms with E-state index in [1.807, 2.05) is 30.3 Å². The monoisotopic (exact) mass is 306 g/mol. The van der Waals surface area contributed by atoms with Gasteiger partial charge in [0.05, 0.1) is 0 Å². The Morgan fingerprint density at radius 1 is 1.43 bits per heavy atom. The number of rotatable bonds is 8. The van der Waals surface area contributed by atoms with E-state index in [1.54, 1.807) is 0 Å². The Hall–Kier alpha value is -2.03. The van der Waals surface area contributed by atoms with Gasteiger partial charge in [0.1, 0.15) is 11.6 Å². The lowest BCUT2D eigenvalue weighted by atomic mass is 10.1. The SMILES string of the molecule is N#C/C(=C/NCc1cccc(CN)c1)C(=O)NCCCCl. The fraction of sp³-hybridized carbons (Fsp3) is 0.333. The number of hydrogen-bond acceptors (Lipinski definition) is 4. The molecule has 0 aliphatic rings. The molecule has 0 spiro atoms. The summed E-state index contributed by atoms with van der Waals surface area (Å²) >= 11 is 5.52. The van der Waals surface area contributed by atoms with Crippen LogP contribution in [0.1, 0.15) is 17.5 Å². The molecule has 0 aromatic heterocycles. The van der Waals surface area contributed by atoms with Gasteiger partial charge in [-0.25, -0.2) is 0 Å². The summed E-state index contributed by atoms with van der Waals surface area (Å²) < 4.78 is 0. The van der Waals surface area contributed by atoms with Crippen LogP contribution in [0.15, 0.2) is 36.0 Å². The Balaban J connectivity index is 2.52. The molecule has 5 nitrogen and oxygen atoms in total. The van der Waals surface area contributed by atoms with E-state index in [0.29, 0.717) is 31.9 Å². The minimum absolute atomic E-state index is 0.0413. The van der Waals surface area contributed by atoms with Gasteiger partial charge in [0.15, 0.2) is 0 Å². The normalized spacial score (nSPS) is 10.8. The van der Waals surface area contributed by atoms with Gasteiger partial charge in [-0.1, -0.05) is 24.3 Å². The smallest absolute Gasteiger partial charge is 0.263 e. The van der Waals surface area contributed by atoms with E-state index in [2.05, 4.69) is 10.6 Å². The van der Waals surface area contributed by atoms with Crippen molar-refractivity contribution in [3.63, 3.8) is 0 Å². The van der Waals surface area contributed by atoms with E-state index in [-0.39, 0.29) is 5.57 Å². The number of nitrogens with one attached hydrogen (secondary N) is 2. The zero-order chi connectivity index (χ0) is 15.5. The molecule has 0 heterocycles. The van der Waals surface area contributed by atoms with Gasteiger partial charge < -0.3 is 16.4 Å². The lowest BCUT2D eigenvalue weighted by Gasteiger charge is -2.05. The van der Waals surface area contributed by atoms with Crippen molar-refractivity contribution < 1.29 is 4.79 Å². The first-order valence-electron chi connectivity index (χ1n) is 6.67. The fourth-order valence-corrected chi connectivity index (χ4v) is 1.78. The van der Waals surface area contributed by atoms with Gasteiger partial charge in [-0.05, 0) is 17.5 Å². The highest BCUT2D eigenvalue weighted by atomic mass is 35.5. The maximum atomic E-state index is 11.7. The summed E-state index contributed by atoms with van der Waals surface area (Å²) in [5.41, 5.74) is 7.69. The maximum absolute atomic E-state index is 11.7. The lowest BCUT2D eigenvalue weighted by molar-refractivity contribution is -0.117. The largest absolute Gasteiger partial charge is 0.386 e. The van der Waals surface area contributed by atoms with Crippen LogP contribution in [-0.4, -0.2) is 18.3 Å². The van der Waals surface area contributed by atoms with Crippen molar-refractivity contribution in [1.82, 2.24) is 10.6 Å². The molecule has 1 amide bonds. The molecule has 0 radical (unpaired) electrons. The number of halogens is 1. The van der Waals surface area contributed by atoms with Gasteiger partial charge >= 0.3 is 0 Å². The molecule has 0 unspecified atom stereocenters. The number of nitrogens with two attached hydrogens (primary N) is 1. The molecule has 0 bridgehead atoms. The minimum Gasteiger partial charge on any atom is -0.386 e. The second-order valence-electron chi connectivity index (χ2n) is 4.37. The predicted molar refractivity (Wildman–Crippen MR) is 83.2 cm³/mol. The fourth-order valence-electron chi connectivity index (χ4n) is 1.65. The number of alkyl halides is 1. The van der Waals surface area contributed by atoms with Gasteiger partial charge in [-0.3, -0.25) is 4.79 Å². The number of nitrogens with zero attached hydrogens (tertiary/aromatic N) is 1. The van der Waals surface area contributed by atoms with Crippen molar-refractivity contribution in [2.45, 2.75) is 19.5 Å². The van der Waals surface area contributed by atoms with Crippen LogP contribution in [0.5, 0.6) is 0 Å². The van der Waals surface area contributed by atoms with E-state index >= 15 is 0 Å². The zero-order valence-electron chi connectivity index (χ0n) is 11.7. The third kappa shape index (κ3) is 6.30. The van der Waals surface area contributed by atoms with E-state index in [1.165, 1.54) is 6.20 Å². The Bertz CT molecular complexity index is 537. The second kappa shape index (κ2) is 9.81. The summed E-state index contributed by atoms with van der Waals surface area (Å²) in [6, 6.07) is 9.67. The number of carbonyl (C=O) groups excluding carboxylic acids is 1. The zero-order valence-corrected chi connectivity index (χ0v) is 12.5. The maximum Gasteiger partial charge on any atom is 0.263 e. The summed E-state index contributed by atoms with van der Waals surface area (Å²) in [5, 5.41) is 14.6. The van der Waals surface area contributed by atoms with Crippen LogP contribution in [0.2, 0.25) is 0 Å². The molecule has 1 aromatic rings. The molecule has 0 aliphatic heterocycles. The van der Waals surface area contributed by atoms with Gasteiger partial charge in [0.25, 0.3) is 5.91 Å². The van der Waals surface area contributed by atoms with E-state index in [9.17, 15) is 4.79 Å². The Kier molecular flexibility index (Phi) is 7.95. The van der Waals surface area contributed by atoms with Crippen LogP contribution in [0.4, 0.5) is 0 Å². The third-order valence-corrected chi connectivity index (χ3v) is 3.01. The van der Waals surface area contributed by atoms with Crippen molar-refractivity contribution in [3.8, 4) is 6.07 Å². The first-order chi connectivity index (χ1) is 10.2. The van der Waals surface area contributed by atoms with Crippen LogP contribution in [0, 0.1) is 11.3 Å². The minimum atomic E-state index is -0.397. The first kappa shape index (κ1) is 17.0. The average molecular weight is 307 g/mol. The summed E-state index contributed by atoms with van der Waals surface area (Å²) in [6.45, 7) is 1.46. The predicted octanol–water partition coefficient (Wildman–Crippen LogP) is 1.39. The molecule has 1 aromatic carbocycles. The average Bonchev–Trinajstić information content (AvgIpc) is 2.52. The van der Waals surface area contributed by atoms with Crippen LogP contribution in [0.25, 0.3) is 0 Å². The Morgan fingerprint density at radius 3 is 2.86 bits per heavy atom. The molecule has 112 valence electrons. The molecule has 4 N–H and O–H groups in total. The molecule has 0 fully saturated rings. The standard InChI is InChI=1S/C15H19ClN4O/c16-5-2-6-20-15(21)14(9-18)11-19-10-13-4-1-3-12(7-13)8-17/h1,3-4,7,11,19H,2,5-6,8,10,17H2,(H,20,21)/b14-11-. The van der Waals surface area contributed by atoms with E-state index in [0.717, 1.165) is 11.1 Å². The van der Waals surface area contributed by atoms with Crippen molar-refractivity contribution >= 4 is 17.5 Å². The first-order valence-corrected chi connectivity index (χ1v) is 7.20. The molecule has 0 saturated carbocycles. The van der Waals surface area contributed by atoms with Crippen LogP contribution in [-0.2, 0) is 17.9 Å². The number of amides is 1. The molecule has 6 heteroatoms. The van der Waals surface area contributed by atoms with Crippen molar-refractivity contribution in [2.75, 3.05) is 12.4 Å². The Morgan fingerprint density at radius 2 is 2.19 bits per heavy atom. The second-order valence-corrected chi connectivity index (χ2v) is 4.75. The highest BCUT2D eigenvalue weighted by Gasteiger charge is 2.07. The summed E-state index contributed by atoms with van der Waals surface area (Å²) in [7, 11) is 0. The van der Waals surface area contributed by atoms with Crippen molar-refractivity contribution in [2.24, 2.45) is 5.73 Å². The summed E-state index contributed by atoms with van der Waals surface area (Å²) in [5.74, 6) is 0.0764. The van der Waals surface area contributed by atoms with Gasteiger partial charge in [0, 0.05) is 31.7 Å². The molecule has 0 aliphatic carbocycles. The number of hydrogen-bond donors (Lipinski definition) is 3. The van der Waals surface area contributed by atoms with Crippen molar-refractivity contribution in [1.29, 1.82) is 5.26 Å². The van der Waals surface area contributed by atoms with E-state index < -0.39 is 5.91 Å². The molecular weight excluding hydrogens is 288 g/mol. The topological polar surface area (TPSA) is 90.9 Å². The molecular formula is C15H19ClN4O. The summed E-state index contributed by atoms with van der Waals surface area (Å²) in [4.78, 5) is 11.7. The van der Waals surface area contributed by atoms with Crippen LogP contribution >= 0.6 is 11.6 Å². The molecule has 0 atom stereocenters. The lowest BCUT2D eigenvalue weighted by Crippen LogP contribution is -2.26. The Labute approximate surface area is 129 Å². The molecule has 0 saturated heterocycles. The number of nitriles is 1. The van der Waals surface area contributed by atoms with E-state index in [4.69, 9.17) is 22.6 Å². The molecule has 1 rings (SSSR count). The van der Waals surface area contributed by atoms with Crippen LogP contribution < -0.4 is 16.4 Å². The quantitative estimate of drug-likeness (QED) is 0.293. The van der Waals surface area contributed by atoms with Gasteiger partial charge in [0.2, 0.25) is 0 Å².